The van der Waals surface area contributed by atoms with E-state index in [1.807, 2.05) is 19.1 Å². The number of nitrogens with zero attached hydrogens (tertiary/aromatic N) is 2. The standard InChI is InChI=1S/C58H44N2/c1-3-4-10-23-42(2)59(45-28-15-7-16-29-45)49-37-39-53-55(41-49)58(43-24-11-5-12-25-43,44-26-13-6-14-27-44)57-52-38-36-48(40-54(52)50-34-21-22-35-51(50)56(53)57)60(46-30-17-8-18-31-46)47-32-19-9-20-33-47/h3-41H,2H2,1H3/b4-3-,23-10-. The number of allylic oxidation sites excluding steroid dienone is 4. The van der Waals surface area contributed by atoms with Gasteiger partial charge in [0.15, 0.2) is 0 Å². The molecule has 0 atom stereocenters. The second-order valence-electron chi connectivity index (χ2n) is 15.3. The van der Waals surface area contributed by atoms with Gasteiger partial charge in [0.25, 0.3) is 0 Å². The maximum atomic E-state index is 4.61. The van der Waals surface area contributed by atoms with E-state index in [9.17, 15) is 0 Å². The van der Waals surface area contributed by atoms with E-state index in [0.29, 0.717) is 0 Å². The Hall–Kier alpha value is -7.68. The van der Waals surface area contributed by atoms with Gasteiger partial charge in [0.05, 0.1) is 5.41 Å². The van der Waals surface area contributed by atoms with Crippen LogP contribution in [0.5, 0.6) is 0 Å². The molecule has 0 aliphatic heterocycles. The van der Waals surface area contributed by atoms with Crippen LogP contribution in [0.3, 0.4) is 0 Å². The summed E-state index contributed by atoms with van der Waals surface area (Å²) in [5.41, 5.74) is 13.2. The normalized spacial score (nSPS) is 12.8. The lowest BCUT2D eigenvalue weighted by molar-refractivity contribution is 0.775. The van der Waals surface area contributed by atoms with Crippen molar-refractivity contribution >= 4 is 50.0 Å². The van der Waals surface area contributed by atoms with Gasteiger partial charge in [-0.15, -0.1) is 0 Å². The Balaban J connectivity index is 1.31. The highest BCUT2D eigenvalue weighted by atomic mass is 15.1. The van der Waals surface area contributed by atoms with Gasteiger partial charge in [0, 0.05) is 34.1 Å². The molecule has 0 fully saturated rings. The van der Waals surface area contributed by atoms with Crippen LogP contribution in [0, 0.1) is 0 Å². The van der Waals surface area contributed by atoms with Crippen LogP contribution in [0.25, 0.3) is 32.7 Å². The maximum absolute atomic E-state index is 4.61. The van der Waals surface area contributed by atoms with Gasteiger partial charge in [-0.1, -0.05) is 176 Å². The molecule has 2 heteroatoms. The predicted molar refractivity (Wildman–Crippen MR) is 255 cm³/mol. The molecule has 0 saturated heterocycles. The van der Waals surface area contributed by atoms with E-state index in [-0.39, 0.29) is 0 Å². The molecule has 0 amide bonds. The Morgan fingerprint density at radius 3 is 1.55 bits per heavy atom. The molecule has 0 bridgehead atoms. The van der Waals surface area contributed by atoms with Crippen LogP contribution in [0.15, 0.2) is 249 Å². The van der Waals surface area contributed by atoms with E-state index in [4.69, 9.17) is 0 Å². The summed E-state index contributed by atoms with van der Waals surface area (Å²) in [5, 5.41) is 4.92. The summed E-state index contributed by atoms with van der Waals surface area (Å²) >= 11 is 0. The van der Waals surface area contributed by atoms with Crippen molar-refractivity contribution in [2.75, 3.05) is 9.80 Å². The zero-order valence-corrected chi connectivity index (χ0v) is 33.6. The Kier molecular flexibility index (Phi) is 9.52. The van der Waals surface area contributed by atoms with Gasteiger partial charge in [-0.05, 0) is 129 Å². The SMILES string of the molecule is C=C(/C=C\C=C/C)N(c1ccccc1)c1ccc2c(c1)C(c1ccccc1)(c1ccccc1)c1c-2c2ccccc2c2cc(N(c3ccccc3)c3ccccc3)ccc12. The lowest BCUT2D eigenvalue weighted by Gasteiger charge is -2.36. The number of hydrogen-bond acceptors (Lipinski definition) is 2. The molecule has 10 rings (SSSR count). The van der Waals surface area contributed by atoms with Crippen molar-refractivity contribution in [2.45, 2.75) is 12.3 Å². The molecular weight excluding hydrogens is 725 g/mol. The van der Waals surface area contributed by atoms with E-state index in [2.05, 4.69) is 241 Å². The molecule has 9 aromatic rings. The second-order valence-corrected chi connectivity index (χ2v) is 15.3. The van der Waals surface area contributed by atoms with E-state index in [1.54, 1.807) is 0 Å². The maximum Gasteiger partial charge on any atom is 0.0720 e. The van der Waals surface area contributed by atoms with Gasteiger partial charge in [-0.25, -0.2) is 0 Å². The number of para-hydroxylation sites is 3. The highest BCUT2D eigenvalue weighted by Gasteiger charge is 2.48. The smallest absolute Gasteiger partial charge is 0.0720 e. The number of rotatable bonds is 10. The lowest BCUT2D eigenvalue weighted by atomic mass is 9.66. The van der Waals surface area contributed by atoms with Crippen LogP contribution in [-0.2, 0) is 5.41 Å². The van der Waals surface area contributed by atoms with Crippen LogP contribution >= 0.6 is 0 Å². The fourth-order valence-corrected chi connectivity index (χ4v) is 9.48. The van der Waals surface area contributed by atoms with Crippen LogP contribution in [0.1, 0.15) is 29.2 Å². The van der Waals surface area contributed by atoms with Crippen LogP contribution in [-0.4, -0.2) is 0 Å². The number of hydrogen-bond donors (Lipinski definition) is 0. The summed E-state index contributed by atoms with van der Waals surface area (Å²) in [6.07, 6.45) is 8.23. The van der Waals surface area contributed by atoms with E-state index >= 15 is 0 Å². The molecule has 0 aromatic heterocycles. The number of fused-ring (bicyclic) bond motifs is 8. The first-order valence-corrected chi connectivity index (χ1v) is 20.7. The quantitative estimate of drug-likeness (QED) is 0.101. The van der Waals surface area contributed by atoms with Gasteiger partial charge >= 0.3 is 0 Å². The average molecular weight is 769 g/mol. The third-order valence-electron chi connectivity index (χ3n) is 11.9. The summed E-state index contributed by atoms with van der Waals surface area (Å²) in [6, 6.07) is 77.3. The van der Waals surface area contributed by atoms with E-state index in [0.717, 1.165) is 34.1 Å². The first-order chi connectivity index (χ1) is 29.7. The summed E-state index contributed by atoms with van der Waals surface area (Å²) in [5.74, 6) is 0. The first kappa shape index (κ1) is 36.6. The third kappa shape index (κ3) is 6.04. The van der Waals surface area contributed by atoms with Gasteiger partial charge in [0.2, 0.25) is 0 Å². The fraction of sp³-hybridized carbons (Fsp3) is 0.0345. The van der Waals surface area contributed by atoms with Crippen molar-refractivity contribution < 1.29 is 0 Å². The second kappa shape index (κ2) is 15.6. The summed E-state index contributed by atoms with van der Waals surface area (Å²) in [7, 11) is 0. The molecule has 0 unspecified atom stereocenters. The Bertz CT molecular complexity index is 2960. The van der Waals surface area contributed by atoms with Gasteiger partial charge in [-0.2, -0.15) is 0 Å². The molecule has 1 aliphatic carbocycles. The summed E-state index contributed by atoms with van der Waals surface area (Å²) in [6.45, 7) is 6.65. The van der Waals surface area contributed by atoms with Crippen molar-refractivity contribution in [2.24, 2.45) is 0 Å². The van der Waals surface area contributed by atoms with Crippen molar-refractivity contribution in [3.63, 3.8) is 0 Å². The lowest BCUT2D eigenvalue weighted by Crippen LogP contribution is -2.29. The van der Waals surface area contributed by atoms with Gasteiger partial charge in [-0.3, -0.25) is 0 Å². The first-order valence-electron chi connectivity index (χ1n) is 20.7. The summed E-state index contributed by atoms with van der Waals surface area (Å²) < 4.78 is 0. The molecule has 60 heavy (non-hydrogen) atoms. The minimum atomic E-state index is -0.657. The molecule has 286 valence electrons. The molecule has 9 aromatic carbocycles. The average Bonchev–Trinajstić information content (AvgIpc) is 3.62. The van der Waals surface area contributed by atoms with E-state index < -0.39 is 5.41 Å². The molecule has 0 heterocycles. The Morgan fingerprint density at radius 1 is 0.450 bits per heavy atom. The number of anilines is 5. The molecular formula is C58H44N2. The minimum absolute atomic E-state index is 0.657. The molecule has 1 aliphatic rings. The van der Waals surface area contributed by atoms with Crippen molar-refractivity contribution in [3.8, 4) is 11.1 Å². The van der Waals surface area contributed by atoms with Crippen LogP contribution < -0.4 is 9.80 Å². The predicted octanol–water partition coefficient (Wildman–Crippen LogP) is 15.6. The summed E-state index contributed by atoms with van der Waals surface area (Å²) in [4.78, 5) is 4.63. The molecule has 0 saturated carbocycles. The van der Waals surface area contributed by atoms with Crippen molar-refractivity contribution in [1.29, 1.82) is 0 Å². The fourth-order valence-electron chi connectivity index (χ4n) is 9.48. The van der Waals surface area contributed by atoms with E-state index in [1.165, 1.54) is 54.9 Å². The Morgan fingerprint density at radius 2 is 0.967 bits per heavy atom. The van der Waals surface area contributed by atoms with Gasteiger partial charge < -0.3 is 9.80 Å². The zero-order chi connectivity index (χ0) is 40.5. The highest BCUT2D eigenvalue weighted by Crippen LogP contribution is 2.61. The minimum Gasteiger partial charge on any atom is -0.311 e. The monoisotopic (exact) mass is 768 g/mol. The van der Waals surface area contributed by atoms with Crippen molar-refractivity contribution in [3.05, 3.63) is 271 Å². The highest BCUT2D eigenvalue weighted by molar-refractivity contribution is 6.20. The molecule has 0 radical (unpaired) electrons. The molecule has 0 N–H and O–H groups in total. The van der Waals surface area contributed by atoms with Crippen molar-refractivity contribution in [1.82, 2.24) is 0 Å². The molecule has 2 nitrogen and oxygen atoms in total. The zero-order valence-electron chi connectivity index (χ0n) is 33.6. The topological polar surface area (TPSA) is 6.48 Å². The van der Waals surface area contributed by atoms with Crippen LogP contribution in [0.2, 0.25) is 0 Å². The van der Waals surface area contributed by atoms with Crippen LogP contribution in [0.4, 0.5) is 28.4 Å². The molecule has 0 spiro atoms. The third-order valence-corrected chi connectivity index (χ3v) is 11.9. The number of benzene rings is 9. The Labute approximate surface area is 353 Å². The largest absolute Gasteiger partial charge is 0.311 e. The van der Waals surface area contributed by atoms with Gasteiger partial charge in [0.1, 0.15) is 0 Å².